The van der Waals surface area contributed by atoms with Crippen LogP contribution in [0.4, 0.5) is 11.8 Å². The van der Waals surface area contributed by atoms with E-state index in [1.54, 1.807) is 36.7 Å². The maximum Gasteiger partial charge on any atom is 0.232 e. The number of nitriles is 1. The molecule has 0 radical (unpaired) electrons. The first-order valence-electron chi connectivity index (χ1n) is 14.3. The van der Waals surface area contributed by atoms with Gasteiger partial charge in [0.1, 0.15) is 11.6 Å². The Labute approximate surface area is 258 Å². The Morgan fingerprint density at radius 3 is 2.39 bits per heavy atom. The molecule has 10 nitrogen and oxygen atoms in total. The highest BCUT2D eigenvalue weighted by atomic mass is 32.2. The van der Waals surface area contributed by atoms with E-state index in [-0.39, 0.29) is 6.04 Å². The minimum absolute atomic E-state index is 0.186. The second-order valence-corrected chi connectivity index (χ2v) is 13.1. The summed E-state index contributed by atoms with van der Waals surface area (Å²) in [5, 5.41) is 12.4. The lowest BCUT2D eigenvalue weighted by Gasteiger charge is -2.32. The number of aryl methyl sites for hydroxylation is 2. The summed E-state index contributed by atoms with van der Waals surface area (Å²) < 4.78 is 30.0. The van der Waals surface area contributed by atoms with E-state index >= 15 is 0 Å². The van der Waals surface area contributed by atoms with Crippen LogP contribution in [0.3, 0.4) is 0 Å². The first-order chi connectivity index (χ1) is 21.1. The summed E-state index contributed by atoms with van der Waals surface area (Å²) in [6, 6.07) is 16.8. The fraction of sp³-hybridized carbons (Fsp3) is 0.273. The second-order valence-electron chi connectivity index (χ2n) is 11.0. The average Bonchev–Trinajstić information content (AvgIpc) is 2.99. The molecule has 2 aromatic heterocycles. The highest BCUT2D eigenvalue weighted by Crippen LogP contribution is 2.36. The molecule has 3 heterocycles. The highest BCUT2D eigenvalue weighted by molar-refractivity contribution is 7.90. The number of benzene rings is 2. The fourth-order valence-corrected chi connectivity index (χ4v) is 5.90. The van der Waals surface area contributed by atoms with Gasteiger partial charge in [-0.15, -0.1) is 0 Å². The van der Waals surface area contributed by atoms with Crippen molar-refractivity contribution in [3.63, 3.8) is 0 Å². The van der Waals surface area contributed by atoms with Crippen LogP contribution in [0.1, 0.15) is 35.1 Å². The monoisotopic (exact) mass is 609 g/mol. The van der Waals surface area contributed by atoms with Crippen LogP contribution in [0.25, 0.3) is 17.2 Å². The van der Waals surface area contributed by atoms with Crippen LogP contribution in [-0.2, 0) is 16.4 Å². The Morgan fingerprint density at radius 2 is 1.77 bits per heavy atom. The lowest BCUT2D eigenvalue weighted by Crippen LogP contribution is -2.39. The summed E-state index contributed by atoms with van der Waals surface area (Å²) in [7, 11) is -3.20. The van der Waals surface area contributed by atoms with Crippen LogP contribution in [0.5, 0.6) is 11.6 Å². The number of piperidine rings is 1. The van der Waals surface area contributed by atoms with E-state index in [1.807, 2.05) is 50.2 Å². The lowest BCUT2D eigenvalue weighted by molar-refractivity contribution is 0.211. The number of sulfone groups is 1. The molecule has 226 valence electrons. The van der Waals surface area contributed by atoms with Gasteiger partial charge in [0, 0.05) is 56.0 Å². The number of allylic oxidation sites excluding steroid dienone is 1. The van der Waals surface area contributed by atoms with Crippen LogP contribution < -0.4 is 15.8 Å². The molecule has 3 N–H and O–H groups in total. The zero-order valence-corrected chi connectivity index (χ0v) is 25.8. The van der Waals surface area contributed by atoms with Gasteiger partial charge in [0.15, 0.2) is 9.84 Å². The van der Waals surface area contributed by atoms with E-state index in [4.69, 9.17) is 20.7 Å². The van der Waals surface area contributed by atoms with Gasteiger partial charge in [-0.2, -0.15) is 10.2 Å². The van der Waals surface area contributed by atoms with Gasteiger partial charge in [0.25, 0.3) is 0 Å². The summed E-state index contributed by atoms with van der Waals surface area (Å²) in [5.74, 6) is 1.98. The van der Waals surface area contributed by atoms with E-state index in [1.165, 1.54) is 12.3 Å². The van der Waals surface area contributed by atoms with Crippen LogP contribution in [0.15, 0.2) is 71.9 Å². The largest absolute Gasteiger partial charge is 0.438 e. The number of likely N-dealkylation sites (tertiary alicyclic amines) is 1. The molecule has 0 saturated carbocycles. The molecule has 44 heavy (non-hydrogen) atoms. The Bertz CT molecular complexity index is 1790. The first kappa shape index (κ1) is 30.7. The zero-order valence-electron chi connectivity index (χ0n) is 25.0. The van der Waals surface area contributed by atoms with Gasteiger partial charge in [-0.05, 0) is 91.4 Å². The van der Waals surface area contributed by atoms with Gasteiger partial charge in [0.05, 0.1) is 16.5 Å². The number of hydrogen-bond donors (Lipinski definition) is 2. The Balaban J connectivity index is 1.31. The number of nitrogens with two attached hydrogens (primary N) is 1. The van der Waals surface area contributed by atoms with E-state index in [0.29, 0.717) is 33.9 Å². The quantitative estimate of drug-likeness (QED) is 0.232. The highest BCUT2D eigenvalue weighted by Gasteiger charge is 2.22. The molecule has 11 heteroatoms. The first-order valence-corrected chi connectivity index (χ1v) is 16.2. The SMILES string of the molecule is Cc1cc(/C=C/C#N)cc(C)c1Oc1nc(NC2CCN(Cc3ccc(S(C)(=O)=O)cc3)CC2)ncc1-c1ccc(N)nc1. The molecule has 0 atom stereocenters. The number of hydrogen-bond acceptors (Lipinski definition) is 10. The summed E-state index contributed by atoms with van der Waals surface area (Å²) >= 11 is 0. The van der Waals surface area contributed by atoms with E-state index in [0.717, 1.165) is 60.3 Å². The van der Waals surface area contributed by atoms with Crippen LogP contribution in [0.2, 0.25) is 0 Å². The van der Waals surface area contributed by atoms with E-state index < -0.39 is 9.84 Å². The van der Waals surface area contributed by atoms with Gasteiger partial charge < -0.3 is 15.8 Å². The maximum absolute atomic E-state index is 11.8. The van der Waals surface area contributed by atoms with Gasteiger partial charge in [-0.3, -0.25) is 4.90 Å². The average molecular weight is 610 g/mol. The molecule has 0 bridgehead atoms. The third kappa shape index (κ3) is 7.58. The van der Waals surface area contributed by atoms with Crippen molar-refractivity contribution in [2.24, 2.45) is 0 Å². The van der Waals surface area contributed by atoms with Gasteiger partial charge >= 0.3 is 0 Å². The van der Waals surface area contributed by atoms with Gasteiger partial charge in [-0.1, -0.05) is 12.1 Å². The minimum Gasteiger partial charge on any atom is -0.438 e. The molecule has 5 rings (SSSR count). The van der Waals surface area contributed by atoms with Crippen LogP contribution in [0, 0.1) is 25.2 Å². The van der Waals surface area contributed by atoms with Crippen molar-refractivity contribution in [2.75, 3.05) is 30.4 Å². The normalized spacial score (nSPS) is 14.4. The number of rotatable bonds is 9. The van der Waals surface area contributed by atoms with Crippen molar-refractivity contribution < 1.29 is 13.2 Å². The van der Waals surface area contributed by atoms with E-state index in [2.05, 4.69) is 20.2 Å². The molecule has 0 aliphatic carbocycles. The van der Waals surface area contributed by atoms with Crippen LogP contribution in [-0.4, -0.2) is 53.7 Å². The van der Waals surface area contributed by atoms with Crippen LogP contribution >= 0.6 is 0 Å². The Hall–Kier alpha value is -4.79. The van der Waals surface area contributed by atoms with Crippen molar-refractivity contribution in [1.29, 1.82) is 5.26 Å². The molecule has 2 aromatic carbocycles. The topological polar surface area (TPSA) is 147 Å². The van der Waals surface area contributed by atoms with Crippen molar-refractivity contribution in [3.8, 4) is 28.8 Å². The summed E-state index contributed by atoms with van der Waals surface area (Å²) in [6.45, 7) is 6.46. The fourth-order valence-electron chi connectivity index (χ4n) is 5.27. The standard InChI is InChI=1S/C33H35N7O3S/c1-22-17-25(5-4-14-34)18-23(2)31(22)43-32-29(26-8-11-30(35)36-19-26)20-37-33(39-32)38-27-12-15-40(16-13-27)21-24-6-9-28(10-7-24)44(3,41)42/h4-11,17-20,27H,12-13,15-16,21H2,1-3H3,(H2,35,36)(H,37,38,39)/b5-4+. The Morgan fingerprint density at radius 1 is 1.07 bits per heavy atom. The number of pyridine rings is 1. The third-order valence-electron chi connectivity index (χ3n) is 7.56. The number of nitrogen functional groups attached to an aromatic ring is 1. The number of ether oxygens (including phenoxy) is 1. The molecule has 0 amide bonds. The van der Waals surface area contributed by atoms with Crippen molar-refractivity contribution >= 4 is 27.7 Å². The molecule has 1 aliphatic rings. The number of nitrogens with one attached hydrogen (secondary N) is 1. The third-order valence-corrected chi connectivity index (χ3v) is 8.69. The van der Waals surface area contributed by atoms with Crippen molar-refractivity contribution in [2.45, 2.75) is 44.2 Å². The molecule has 1 saturated heterocycles. The summed E-state index contributed by atoms with van der Waals surface area (Å²) in [6.07, 6.45) is 9.66. The molecular weight excluding hydrogens is 574 g/mol. The van der Waals surface area contributed by atoms with Crippen molar-refractivity contribution in [3.05, 3.63) is 89.3 Å². The molecule has 4 aromatic rings. The minimum atomic E-state index is -3.20. The summed E-state index contributed by atoms with van der Waals surface area (Å²) in [4.78, 5) is 16.4. The lowest BCUT2D eigenvalue weighted by atomic mass is 10.0. The predicted octanol–water partition coefficient (Wildman–Crippen LogP) is 5.55. The number of anilines is 2. The second kappa shape index (κ2) is 13.2. The zero-order chi connectivity index (χ0) is 31.3. The Kier molecular flexibility index (Phi) is 9.23. The molecule has 1 fully saturated rings. The van der Waals surface area contributed by atoms with Gasteiger partial charge in [0.2, 0.25) is 11.8 Å². The molecule has 0 spiro atoms. The van der Waals surface area contributed by atoms with Gasteiger partial charge in [-0.25, -0.2) is 18.4 Å². The molecule has 1 aliphatic heterocycles. The number of nitrogens with zero attached hydrogens (tertiary/aromatic N) is 5. The predicted molar refractivity (Wildman–Crippen MR) is 172 cm³/mol. The number of aromatic nitrogens is 3. The van der Waals surface area contributed by atoms with E-state index in [9.17, 15) is 8.42 Å². The summed E-state index contributed by atoms with van der Waals surface area (Å²) in [5.41, 5.74) is 11.1. The molecule has 0 unspecified atom stereocenters. The molecular formula is C33H35N7O3S. The maximum atomic E-state index is 11.8. The smallest absolute Gasteiger partial charge is 0.232 e. The van der Waals surface area contributed by atoms with Crippen molar-refractivity contribution in [1.82, 2.24) is 19.9 Å².